The average Bonchev–Trinajstić information content (AvgIpc) is 3.39. The Morgan fingerprint density at radius 2 is 0.415 bits per heavy atom. The number of rotatable bonds is 11. The molecule has 0 N–H and O–H groups in total. The van der Waals surface area contributed by atoms with Crippen molar-refractivity contribution in [1.82, 2.24) is 0 Å². The van der Waals surface area contributed by atoms with Crippen LogP contribution in [0.25, 0.3) is 43.8 Å². The molecule has 11 aromatic carbocycles. The van der Waals surface area contributed by atoms with Crippen LogP contribution in [0.2, 0.25) is 0 Å². The van der Waals surface area contributed by atoms with Gasteiger partial charge in [0.1, 0.15) is 0 Å². The Balaban J connectivity index is 1.23. The van der Waals surface area contributed by atoms with Crippen molar-refractivity contribution in [3.8, 4) is 22.3 Å². The first-order valence-electron chi connectivity index (χ1n) is 22.2. The van der Waals surface area contributed by atoms with Crippen LogP contribution in [0.4, 0.5) is 51.2 Å². The minimum atomic E-state index is 1.05. The second-order valence-corrected chi connectivity index (χ2v) is 16.2. The van der Waals surface area contributed by atoms with Crippen LogP contribution in [0.3, 0.4) is 0 Å². The van der Waals surface area contributed by atoms with Crippen molar-refractivity contribution in [1.29, 1.82) is 0 Å². The molecule has 0 fully saturated rings. The van der Waals surface area contributed by atoms with Gasteiger partial charge in [0.15, 0.2) is 0 Å². The van der Waals surface area contributed by atoms with Crippen molar-refractivity contribution in [2.45, 2.75) is 0 Å². The van der Waals surface area contributed by atoms with Crippen LogP contribution in [0.5, 0.6) is 0 Å². The van der Waals surface area contributed by atoms with E-state index in [1.165, 1.54) is 11.1 Å². The topological polar surface area (TPSA) is 9.72 Å². The standard InChI is InChI=1S/C62H45N3/c1-8-22-46(23-9-1)48-37-43-58-59(44-48)61(64(52-30-16-5-17-31-52)53-32-18-6-19-33-53)57-42-36-49(47-24-10-2-11-25-47)45-60(57)62(58)65(54-34-20-7-21-35-54)56-40-38-55(39-41-56)63(50-26-12-3-13-27-50)51-28-14-4-15-29-51/h1-45H. The van der Waals surface area contributed by atoms with Gasteiger partial charge in [-0.25, -0.2) is 0 Å². The van der Waals surface area contributed by atoms with Crippen LogP contribution in [0.1, 0.15) is 0 Å². The summed E-state index contributed by atoms with van der Waals surface area (Å²) >= 11 is 0. The first-order valence-corrected chi connectivity index (χ1v) is 22.2. The molecule has 0 aliphatic heterocycles. The second-order valence-electron chi connectivity index (χ2n) is 16.2. The number of anilines is 9. The molecule has 0 saturated carbocycles. The number of fused-ring (bicyclic) bond motifs is 2. The van der Waals surface area contributed by atoms with Crippen molar-refractivity contribution in [3.63, 3.8) is 0 Å². The molecule has 11 rings (SSSR count). The van der Waals surface area contributed by atoms with Crippen molar-refractivity contribution < 1.29 is 0 Å². The summed E-state index contributed by atoms with van der Waals surface area (Å²) < 4.78 is 0. The fourth-order valence-corrected chi connectivity index (χ4v) is 9.18. The van der Waals surface area contributed by atoms with Gasteiger partial charge in [0, 0.05) is 61.4 Å². The smallest absolute Gasteiger partial charge is 0.0620 e. The Labute approximate surface area is 381 Å². The number of nitrogens with zero attached hydrogens (tertiary/aromatic N) is 3. The van der Waals surface area contributed by atoms with Gasteiger partial charge in [0.05, 0.1) is 11.4 Å². The molecule has 11 aromatic rings. The lowest BCUT2D eigenvalue weighted by Gasteiger charge is -2.33. The predicted octanol–water partition coefficient (Wildman–Crippen LogP) is 17.7. The largest absolute Gasteiger partial charge is 0.311 e. The van der Waals surface area contributed by atoms with E-state index in [0.717, 1.165) is 83.9 Å². The molecule has 308 valence electrons. The zero-order chi connectivity index (χ0) is 43.4. The molecule has 0 spiro atoms. The molecule has 0 heterocycles. The van der Waals surface area contributed by atoms with E-state index in [9.17, 15) is 0 Å². The van der Waals surface area contributed by atoms with Crippen molar-refractivity contribution in [3.05, 3.63) is 273 Å². The third-order valence-corrected chi connectivity index (χ3v) is 12.2. The summed E-state index contributed by atoms with van der Waals surface area (Å²) in [5.74, 6) is 0. The molecule has 0 aliphatic rings. The molecular formula is C62H45N3. The van der Waals surface area contributed by atoms with E-state index in [0.29, 0.717) is 0 Å². The van der Waals surface area contributed by atoms with E-state index in [4.69, 9.17) is 0 Å². The molecule has 3 nitrogen and oxygen atoms in total. The Morgan fingerprint density at radius 3 is 0.723 bits per heavy atom. The Hall–Kier alpha value is -8.66. The summed E-state index contributed by atoms with van der Waals surface area (Å²) in [6, 6.07) is 98.1. The average molecular weight is 832 g/mol. The van der Waals surface area contributed by atoms with Crippen molar-refractivity contribution in [2.24, 2.45) is 0 Å². The summed E-state index contributed by atoms with van der Waals surface area (Å²) in [5.41, 5.74) is 14.5. The fourth-order valence-electron chi connectivity index (χ4n) is 9.18. The van der Waals surface area contributed by atoms with Crippen LogP contribution >= 0.6 is 0 Å². The van der Waals surface area contributed by atoms with Gasteiger partial charge in [-0.05, 0) is 119 Å². The SMILES string of the molecule is c1ccc(-c2ccc3c(N(c4ccccc4)c4ccc(N(c5ccccc5)c5ccccc5)cc4)c4cc(-c5ccccc5)ccc4c(N(c4ccccc4)c4ccccc4)c3c2)cc1. The minimum absolute atomic E-state index is 1.05. The molecule has 0 saturated heterocycles. The maximum Gasteiger partial charge on any atom is 0.0620 e. The normalized spacial score (nSPS) is 11.1. The number of para-hydroxylation sites is 5. The van der Waals surface area contributed by atoms with Gasteiger partial charge in [-0.3, -0.25) is 0 Å². The summed E-state index contributed by atoms with van der Waals surface area (Å²) in [5, 5.41) is 4.56. The molecule has 0 unspecified atom stereocenters. The molecule has 0 aliphatic carbocycles. The fraction of sp³-hybridized carbons (Fsp3) is 0. The molecule has 0 aromatic heterocycles. The van der Waals surface area contributed by atoms with Gasteiger partial charge < -0.3 is 14.7 Å². The molecule has 0 atom stereocenters. The summed E-state index contributed by atoms with van der Waals surface area (Å²) in [4.78, 5) is 7.21. The zero-order valence-electron chi connectivity index (χ0n) is 35.8. The van der Waals surface area contributed by atoms with Crippen LogP contribution in [0.15, 0.2) is 273 Å². The highest BCUT2D eigenvalue weighted by molar-refractivity contribution is 6.24. The molecule has 0 radical (unpaired) electrons. The number of hydrogen-bond donors (Lipinski definition) is 0. The van der Waals surface area contributed by atoms with Gasteiger partial charge in [-0.15, -0.1) is 0 Å². The number of benzene rings is 11. The zero-order valence-corrected chi connectivity index (χ0v) is 35.8. The maximum atomic E-state index is 2.46. The van der Waals surface area contributed by atoms with E-state index in [-0.39, 0.29) is 0 Å². The summed E-state index contributed by atoms with van der Waals surface area (Å²) in [6.07, 6.45) is 0. The molecule has 0 bridgehead atoms. The Morgan fingerprint density at radius 1 is 0.169 bits per heavy atom. The lowest BCUT2D eigenvalue weighted by atomic mass is 9.91. The third kappa shape index (κ3) is 7.66. The Bertz CT molecular complexity index is 3250. The van der Waals surface area contributed by atoms with E-state index in [2.05, 4.69) is 288 Å². The maximum absolute atomic E-state index is 2.46. The Kier molecular flexibility index (Phi) is 10.6. The van der Waals surface area contributed by atoms with Gasteiger partial charge in [0.25, 0.3) is 0 Å². The van der Waals surface area contributed by atoms with E-state index >= 15 is 0 Å². The lowest BCUT2D eigenvalue weighted by Crippen LogP contribution is -2.15. The van der Waals surface area contributed by atoms with Crippen LogP contribution in [0, 0.1) is 0 Å². The van der Waals surface area contributed by atoms with Gasteiger partial charge in [0.2, 0.25) is 0 Å². The van der Waals surface area contributed by atoms with Crippen LogP contribution < -0.4 is 14.7 Å². The third-order valence-electron chi connectivity index (χ3n) is 12.2. The second kappa shape index (κ2) is 17.6. The highest BCUT2D eigenvalue weighted by Crippen LogP contribution is 2.52. The van der Waals surface area contributed by atoms with Crippen LogP contribution in [-0.2, 0) is 0 Å². The highest BCUT2D eigenvalue weighted by Gasteiger charge is 2.27. The summed E-state index contributed by atoms with van der Waals surface area (Å²) in [7, 11) is 0. The van der Waals surface area contributed by atoms with Crippen LogP contribution in [-0.4, -0.2) is 0 Å². The minimum Gasteiger partial charge on any atom is -0.311 e. The van der Waals surface area contributed by atoms with Crippen molar-refractivity contribution >= 4 is 72.7 Å². The molecule has 0 amide bonds. The van der Waals surface area contributed by atoms with Crippen molar-refractivity contribution in [2.75, 3.05) is 14.7 Å². The number of hydrogen-bond acceptors (Lipinski definition) is 3. The first kappa shape index (κ1) is 39.2. The van der Waals surface area contributed by atoms with E-state index in [1.54, 1.807) is 0 Å². The first-order chi connectivity index (χ1) is 32.3. The predicted molar refractivity (Wildman–Crippen MR) is 276 cm³/mol. The van der Waals surface area contributed by atoms with Gasteiger partial charge in [-0.1, -0.05) is 176 Å². The highest BCUT2D eigenvalue weighted by atomic mass is 15.2. The summed E-state index contributed by atoms with van der Waals surface area (Å²) in [6.45, 7) is 0. The van der Waals surface area contributed by atoms with Gasteiger partial charge >= 0.3 is 0 Å². The molecular weight excluding hydrogens is 787 g/mol. The monoisotopic (exact) mass is 831 g/mol. The van der Waals surface area contributed by atoms with E-state index in [1.807, 2.05) is 0 Å². The quantitative estimate of drug-likeness (QED) is 0.0950. The van der Waals surface area contributed by atoms with Gasteiger partial charge in [-0.2, -0.15) is 0 Å². The van der Waals surface area contributed by atoms with E-state index < -0.39 is 0 Å². The molecule has 3 heteroatoms. The lowest BCUT2D eigenvalue weighted by molar-refractivity contribution is 1.26. The molecule has 65 heavy (non-hydrogen) atoms.